The van der Waals surface area contributed by atoms with Crippen molar-refractivity contribution >= 4 is 5.96 Å². The van der Waals surface area contributed by atoms with Crippen LogP contribution in [0.1, 0.15) is 12.5 Å². The average Bonchev–Trinajstić information content (AvgIpc) is 2.81. The van der Waals surface area contributed by atoms with Crippen molar-refractivity contribution in [3.63, 3.8) is 0 Å². The zero-order valence-corrected chi connectivity index (χ0v) is 18.6. The molecule has 0 spiro atoms. The van der Waals surface area contributed by atoms with Gasteiger partial charge in [-0.3, -0.25) is 9.89 Å². The van der Waals surface area contributed by atoms with E-state index in [-0.39, 0.29) is 5.75 Å². The summed E-state index contributed by atoms with van der Waals surface area (Å²) in [5.74, 6) is 2.56. The highest BCUT2D eigenvalue weighted by Gasteiger charge is 2.19. The van der Waals surface area contributed by atoms with E-state index in [1.165, 1.54) is 0 Å². The number of piperazine rings is 1. The average molecular weight is 427 g/mol. The second kappa shape index (κ2) is 12.1. The van der Waals surface area contributed by atoms with Crippen LogP contribution >= 0.6 is 0 Å². The SMILES string of the molecule is CCNC(=NCCc1cccc(OC)c1O)N1CCN(CCOc2ccccc2)CC1. The molecular weight excluding hydrogens is 392 g/mol. The lowest BCUT2D eigenvalue weighted by Crippen LogP contribution is -2.53. The van der Waals surface area contributed by atoms with E-state index < -0.39 is 0 Å². The zero-order chi connectivity index (χ0) is 21.9. The molecule has 168 valence electrons. The Bertz CT molecular complexity index is 821. The molecule has 0 aromatic heterocycles. The molecule has 7 nitrogen and oxygen atoms in total. The highest BCUT2D eigenvalue weighted by atomic mass is 16.5. The number of hydrogen-bond acceptors (Lipinski definition) is 5. The van der Waals surface area contributed by atoms with Crippen molar-refractivity contribution in [3.05, 3.63) is 54.1 Å². The van der Waals surface area contributed by atoms with Gasteiger partial charge in [0.2, 0.25) is 0 Å². The molecule has 7 heteroatoms. The molecule has 2 aromatic carbocycles. The number of ether oxygens (including phenoxy) is 2. The fourth-order valence-electron chi connectivity index (χ4n) is 3.63. The number of benzene rings is 2. The van der Waals surface area contributed by atoms with E-state index in [4.69, 9.17) is 14.5 Å². The summed E-state index contributed by atoms with van der Waals surface area (Å²) in [7, 11) is 1.56. The minimum absolute atomic E-state index is 0.205. The van der Waals surface area contributed by atoms with Crippen LogP contribution in [0, 0.1) is 0 Å². The lowest BCUT2D eigenvalue weighted by molar-refractivity contribution is 0.152. The quantitative estimate of drug-likeness (QED) is 0.475. The first-order valence-corrected chi connectivity index (χ1v) is 11.0. The molecule has 3 rings (SSSR count). The van der Waals surface area contributed by atoms with Crippen LogP contribution in [-0.2, 0) is 6.42 Å². The largest absolute Gasteiger partial charge is 0.504 e. The van der Waals surface area contributed by atoms with Gasteiger partial charge in [0.25, 0.3) is 0 Å². The van der Waals surface area contributed by atoms with Gasteiger partial charge in [-0.15, -0.1) is 0 Å². The number of rotatable bonds is 9. The van der Waals surface area contributed by atoms with E-state index in [2.05, 4.69) is 22.0 Å². The molecule has 1 aliphatic rings. The first kappa shape index (κ1) is 22.7. The van der Waals surface area contributed by atoms with Gasteiger partial charge in [-0.1, -0.05) is 30.3 Å². The van der Waals surface area contributed by atoms with Crippen LogP contribution in [0.4, 0.5) is 0 Å². The normalized spacial score (nSPS) is 15.0. The number of nitrogens with zero attached hydrogens (tertiary/aromatic N) is 3. The number of para-hydroxylation sites is 2. The molecule has 31 heavy (non-hydrogen) atoms. The highest BCUT2D eigenvalue weighted by Crippen LogP contribution is 2.29. The van der Waals surface area contributed by atoms with Gasteiger partial charge in [0, 0.05) is 45.8 Å². The number of phenols is 1. The summed E-state index contributed by atoms with van der Waals surface area (Å²) < 4.78 is 11.0. The maximum atomic E-state index is 10.3. The predicted octanol–water partition coefficient (Wildman–Crippen LogP) is 2.61. The van der Waals surface area contributed by atoms with E-state index in [1.54, 1.807) is 13.2 Å². The molecule has 0 bridgehead atoms. The van der Waals surface area contributed by atoms with Gasteiger partial charge in [-0.05, 0) is 37.1 Å². The summed E-state index contributed by atoms with van der Waals surface area (Å²) in [5.41, 5.74) is 0.849. The summed E-state index contributed by atoms with van der Waals surface area (Å²) in [4.78, 5) is 9.53. The van der Waals surface area contributed by atoms with Crippen LogP contribution in [0.2, 0.25) is 0 Å². The fraction of sp³-hybridized carbons (Fsp3) is 0.458. The fourth-order valence-corrected chi connectivity index (χ4v) is 3.63. The van der Waals surface area contributed by atoms with Crippen molar-refractivity contribution in [2.45, 2.75) is 13.3 Å². The van der Waals surface area contributed by atoms with Crippen LogP contribution in [-0.4, -0.2) is 80.4 Å². The van der Waals surface area contributed by atoms with Gasteiger partial charge >= 0.3 is 0 Å². The van der Waals surface area contributed by atoms with Gasteiger partial charge in [0.1, 0.15) is 12.4 Å². The Labute approximate surface area is 185 Å². The number of aromatic hydroxyl groups is 1. The third-order valence-corrected chi connectivity index (χ3v) is 5.37. The molecule has 0 saturated carbocycles. The monoisotopic (exact) mass is 426 g/mol. The maximum Gasteiger partial charge on any atom is 0.194 e. The van der Waals surface area contributed by atoms with Gasteiger partial charge in [-0.2, -0.15) is 0 Å². The van der Waals surface area contributed by atoms with Crippen molar-refractivity contribution in [3.8, 4) is 17.2 Å². The Morgan fingerprint density at radius 2 is 1.84 bits per heavy atom. The third-order valence-electron chi connectivity index (χ3n) is 5.37. The Morgan fingerprint density at radius 1 is 1.06 bits per heavy atom. The van der Waals surface area contributed by atoms with Gasteiger partial charge < -0.3 is 24.8 Å². The number of methoxy groups -OCH3 is 1. The molecule has 0 atom stereocenters. The molecule has 1 fully saturated rings. The first-order valence-electron chi connectivity index (χ1n) is 11.0. The van der Waals surface area contributed by atoms with Crippen molar-refractivity contribution in [1.29, 1.82) is 0 Å². The number of aliphatic imine (C=N–C) groups is 1. The highest BCUT2D eigenvalue weighted by molar-refractivity contribution is 5.80. The van der Waals surface area contributed by atoms with Crippen LogP contribution in [0.3, 0.4) is 0 Å². The van der Waals surface area contributed by atoms with E-state index in [0.717, 1.165) is 56.5 Å². The van der Waals surface area contributed by atoms with Crippen LogP contribution in [0.15, 0.2) is 53.5 Å². The lowest BCUT2D eigenvalue weighted by atomic mass is 10.1. The molecular formula is C24H34N4O3. The van der Waals surface area contributed by atoms with Gasteiger partial charge in [0.15, 0.2) is 17.5 Å². The Balaban J connectivity index is 1.46. The summed E-state index contributed by atoms with van der Waals surface area (Å²) in [6.45, 7) is 8.97. The molecule has 1 heterocycles. The van der Waals surface area contributed by atoms with Crippen LogP contribution in [0.5, 0.6) is 17.2 Å². The van der Waals surface area contributed by atoms with E-state index in [9.17, 15) is 5.11 Å². The third kappa shape index (κ3) is 6.79. The summed E-state index contributed by atoms with van der Waals surface area (Å²) >= 11 is 0. The van der Waals surface area contributed by atoms with E-state index in [0.29, 0.717) is 25.3 Å². The number of nitrogens with one attached hydrogen (secondary N) is 1. The Kier molecular flexibility index (Phi) is 8.84. The van der Waals surface area contributed by atoms with Crippen LogP contribution in [0.25, 0.3) is 0 Å². The van der Waals surface area contributed by atoms with Gasteiger partial charge in [0.05, 0.1) is 7.11 Å². The molecule has 0 unspecified atom stereocenters. The van der Waals surface area contributed by atoms with Crippen molar-refractivity contribution in [1.82, 2.24) is 15.1 Å². The summed E-state index contributed by atoms with van der Waals surface area (Å²) in [6.07, 6.45) is 0.661. The minimum Gasteiger partial charge on any atom is -0.504 e. The number of hydrogen-bond donors (Lipinski definition) is 2. The van der Waals surface area contributed by atoms with Crippen molar-refractivity contribution < 1.29 is 14.6 Å². The van der Waals surface area contributed by atoms with Crippen LogP contribution < -0.4 is 14.8 Å². The van der Waals surface area contributed by atoms with Gasteiger partial charge in [-0.25, -0.2) is 0 Å². The van der Waals surface area contributed by atoms with E-state index in [1.807, 2.05) is 42.5 Å². The summed E-state index contributed by atoms with van der Waals surface area (Å²) in [6, 6.07) is 15.5. The second-order valence-electron chi connectivity index (χ2n) is 7.44. The maximum absolute atomic E-state index is 10.3. The molecule has 0 amide bonds. The summed E-state index contributed by atoms with van der Waals surface area (Å²) in [5, 5.41) is 13.7. The molecule has 0 aliphatic carbocycles. The number of guanidine groups is 1. The molecule has 2 aromatic rings. The molecule has 0 radical (unpaired) electrons. The van der Waals surface area contributed by atoms with E-state index >= 15 is 0 Å². The first-order chi connectivity index (χ1) is 15.2. The number of phenolic OH excluding ortho intramolecular Hbond substituents is 1. The topological polar surface area (TPSA) is 69.6 Å². The zero-order valence-electron chi connectivity index (χ0n) is 18.6. The molecule has 2 N–H and O–H groups in total. The lowest BCUT2D eigenvalue weighted by Gasteiger charge is -2.36. The predicted molar refractivity (Wildman–Crippen MR) is 124 cm³/mol. The minimum atomic E-state index is 0.205. The smallest absolute Gasteiger partial charge is 0.194 e. The van der Waals surface area contributed by atoms with Crippen molar-refractivity contribution in [2.75, 3.05) is 59.5 Å². The molecule has 1 aliphatic heterocycles. The Morgan fingerprint density at radius 3 is 2.55 bits per heavy atom. The standard InChI is InChI=1S/C24H34N4O3/c1-3-25-24(26-13-12-20-8-7-11-22(30-2)23(20)29)28-16-14-27(15-17-28)18-19-31-21-9-5-4-6-10-21/h4-11,29H,3,12-19H2,1-2H3,(H,25,26). The second-order valence-corrected chi connectivity index (χ2v) is 7.44. The Hall–Kier alpha value is -2.93. The molecule has 1 saturated heterocycles. The van der Waals surface area contributed by atoms with Crippen molar-refractivity contribution in [2.24, 2.45) is 4.99 Å².